The largest absolute Gasteiger partial charge is 0.247 e. The van der Waals surface area contributed by atoms with Crippen molar-refractivity contribution >= 4 is 0 Å². The highest BCUT2D eigenvalue weighted by Crippen LogP contribution is 2.39. The first-order valence-corrected chi connectivity index (χ1v) is 4.39. The average Bonchev–Trinajstić information content (AvgIpc) is 2.08. The second-order valence-corrected chi connectivity index (χ2v) is 3.91. The van der Waals surface area contributed by atoms with E-state index in [9.17, 15) is 13.2 Å². The molecule has 1 rings (SSSR count). The van der Waals surface area contributed by atoms with Crippen molar-refractivity contribution in [1.82, 2.24) is 0 Å². The van der Waals surface area contributed by atoms with Crippen molar-refractivity contribution in [2.75, 3.05) is 0 Å². The SMILES string of the molecule is CC1C(F)C(C)C(F)C(C)C1F. The lowest BCUT2D eigenvalue weighted by molar-refractivity contribution is -0.0469. The number of hydrogen-bond acceptors (Lipinski definition) is 0. The van der Waals surface area contributed by atoms with E-state index in [1.807, 2.05) is 0 Å². The molecule has 0 aromatic rings. The van der Waals surface area contributed by atoms with Gasteiger partial charge in [0.05, 0.1) is 0 Å². The van der Waals surface area contributed by atoms with Crippen LogP contribution in [0, 0.1) is 17.8 Å². The fourth-order valence-corrected chi connectivity index (χ4v) is 1.96. The number of hydrogen-bond donors (Lipinski definition) is 0. The maximum Gasteiger partial charge on any atom is 0.111 e. The zero-order valence-corrected chi connectivity index (χ0v) is 7.60. The van der Waals surface area contributed by atoms with Crippen LogP contribution in [0.4, 0.5) is 13.2 Å². The van der Waals surface area contributed by atoms with Gasteiger partial charge in [-0.15, -0.1) is 0 Å². The van der Waals surface area contributed by atoms with Gasteiger partial charge in [0, 0.05) is 17.8 Å². The van der Waals surface area contributed by atoms with Gasteiger partial charge in [-0.05, 0) is 0 Å². The summed E-state index contributed by atoms with van der Waals surface area (Å²) in [6, 6.07) is 0. The topological polar surface area (TPSA) is 0 Å². The van der Waals surface area contributed by atoms with Crippen molar-refractivity contribution in [1.29, 1.82) is 0 Å². The van der Waals surface area contributed by atoms with Gasteiger partial charge in [-0.25, -0.2) is 13.2 Å². The quantitative estimate of drug-likeness (QED) is 0.537. The molecule has 0 saturated heterocycles. The van der Waals surface area contributed by atoms with E-state index in [2.05, 4.69) is 0 Å². The maximum absolute atomic E-state index is 13.2. The highest BCUT2D eigenvalue weighted by molar-refractivity contribution is 4.93. The fourth-order valence-electron chi connectivity index (χ4n) is 1.96. The standard InChI is InChI=1S/C9H15F3/c1-4-7(10)5(2)9(12)6(3)8(4)11/h4-9H,1-3H3. The molecule has 0 unspecified atom stereocenters. The van der Waals surface area contributed by atoms with Gasteiger partial charge in [0.15, 0.2) is 0 Å². The zero-order chi connectivity index (χ0) is 9.46. The second kappa shape index (κ2) is 3.27. The maximum atomic E-state index is 13.2. The third kappa shape index (κ3) is 1.34. The molecule has 0 atom stereocenters. The van der Waals surface area contributed by atoms with Crippen LogP contribution in [0.5, 0.6) is 0 Å². The molecule has 0 heterocycles. The van der Waals surface area contributed by atoms with Gasteiger partial charge >= 0.3 is 0 Å². The van der Waals surface area contributed by atoms with E-state index in [0.29, 0.717) is 0 Å². The van der Waals surface area contributed by atoms with E-state index in [-0.39, 0.29) is 0 Å². The van der Waals surface area contributed by atoms with Crippen LogP contribution in [0.15, 0.2) is 0 Å². The predicted octanol–water partition coefficient (Wildman–Crippen LogP) is 2.92. The summed E-state index contributed by atoms with van der Waals surface area (Å²) in [5, 5.41) is 0. The second-order valence-electron chi connectivity index (χ2n) is 3.91. The number of halogens is 3. The van der Waals surface area contributed by atoms with Gasteiger partial charge in [0.25, 0.3) is 0 Å². The molecule has 0 bridgehead atoms. The minimum atomic E-state index is -1.34. The van der Waals surface area contributed by atoms with Crippen LogP contribution < -0.4 is 0 Å². The van der Waals surface area contributed by atoms with Crippen molar-refractivity contribution in [2.24, 2.45) is 17.8 Å². The Bertz CT molecular complexity index is 101. The molecule has 1 fully saturated rings. The lowest BCUT2D eigenvalue weighted by atomic mass is 9.73. The van der Waals surface area contributed by atoms with E-state index in [1.54, 1.807) is 0 Å². The summed E-state index contributed by atoms with van der Waals surface area (Å²) in [5.74, 6) is -1.99. The van der Waals surface area contributed by atoms with Crippen molar-refractivity contribution < 1.29 is 13.2 Å². The van der Waals surface area contributed by atoms with E-state index in [0.717, 1.165) is 0 Å². The Morgan fingerprint density at radius 2 is 0.750 bits per heavy atom. The molecule has 1 aliphatic rings. The lowest BCUT2D eigenvalue weighted by Gasteiger charge is -2.38. The monoisotopic (exact) mass is 180 g/mol. The van der Waals surface area contributed by atoms with Crippen LogP contribution in [0.2, 0.25) is 0 Å². The number of alkyl halides is 3. The molecule has 0 nitrogen and oxygen atoms in total. The van der Waals surface area contributed by atoms with E-state index in [4.69, 9.17) is 0 Å². The van der Waals surface area contributed by atoms with Gasteiger partial charge < -0.3 is 0 Å². The molecular formula is C9H15F3. The summed E-state index contributed by atoms with van der Waals surface area (Å²) in [4.78, 5) is 0. The van der Waals surface area contributed by atoms with Crippen molar-refractivity contribution in [3.05, 3.63) is 0 Å². The van der Waals surface area contributed by atoms with E-state index < -0.39 is 36.3 Å². The average molecular weight is 180 g/mol. The van der Waals surface area contributed by atoms with Crippen molar-refractivity contribution in [3.8, 4) is 0 Å². The smallest absolute Gasteiger partial charge is 0.111 e. The fraction of sp³-hybridized carbons (Fsp3) is 1.00. The Kier molecular flexibility index (Phi) is 2.69. The Morgan fingerprint density at radius 3 is 0.917 bits per heavy atom. The molecule has 72 valence electrons. The minimum Gasteiger partial charge on any atom is -0.247 e. The van der Waals surface area contributed by atoms with Crippen molar-refractivity contribution in [2.45, 2.75) is 39.3 Å². The molecule has 0 aromatic heterocycles. The molecule has 0 radical (unpaired) electrons. The summed E-state index contributed by atoms with van der Waals surface area (Å²) in [5.41, 5.74) is 0. The summed E-state index contributed by atoms with van der Waals surface area (Å²) >= 11 is 0. The molecule has 1 saturated carbocycles. The molecule has 0 aliphatic heterocycles. The number of rotatable bonds is 0. The molecule has 12 heavy (non-hydrogen) atoms. The van der Waals surface area contributed by atoms with Crippen molar-refractivity contribution in [3.63, 3.8) is 0 Å². The van der Waals surface area contributed by atoms with E-state index in [1.165, 1.54) is 20.8 Å². The third-order valence-corrected chi connectivity index (χ3v) is 3.01. The summed E-state index contributed by atoms with van der Waals surface area (Å²) < 4.78 is 39.5. The Balaban J connectivity index is 2.76. The third-order valence-electron chi connectivity index (χ3n) is 3.01. The van der Waals surface area contributed by atoms with Gasteiger partial charge in [-0.1, -0.05) is 20.8 Å². The summed E-state index contributed by atoms with van der Waals surface area (Å²) in [6.07, 6.45) is -4.02. The Labute approximate surface area is 71.1 Å². The minimum absolute atomic E-state index is 0.665. The van der Waals surface area contributed by atoms with E-state index >= 15 is 0 Å². The van der Waals surface area contributed by atoms with Gasteiger partial charge in [0.2, 0.25) is 0 Å². The normalized spacial score (nSPS) is 55.5. The summed E-state index contributed by atoms with van der Waals surface area (Å²) in [7, 11) is 0. The molecule has 0 N–H and O–H groups in total. The van der Waals surface area contributed by atoms with Crippen LogP contribution in [0.25, 0.3) is 0 Å². The first kappa shape index (κ1) is 9.87. The van der Waals surface area contributed by atoms with Gasteiger partial charge in [-0.3, -0.25) is 0 Å². The van der Waals surface area contributed by atoms with Crippen LogP contribution in [0.3, 0.4) is 0 Å². The van der Waals surface area contributed by atoms with Crippen LogP contribution in [0.1, 0.15) is 20.8 Å². The predicted molar refractivity (Wildman–Crippen MR) is 42.2 cm³/mol. The molecule has 0 spiro atoms. The Hall–Kier alpha value is -0.210. The van der Waals surface area contributed by atoms with Gasteiger partial charge in [0.1, 0.15) is 18.5 Å². The molecule has 0 amide bonds. The highest BCUT2D eigenvalue weighted by atomic mass is 19.2. The van der Waals surface area contributed by atoms with Crippen LogP contribution >= 0.6 is 0 Å². The lowest BCUT2D eigenvalue weighted by Crippen LogP contribution is -2.47. The molecule has 3 heteroatoms. The molecular weight excluding hydrogens is 165 g/mol. The first-order valence-electron chi connectivity index (χ1n) is 4.39. The van der Waals surface area contributed by atoms with Crippen LogP contribution in [-0.2, 0) is 0 Å². The van der Waals surface area contributed by atoms with Gasteiger partial charge in [-0.2, -0.15) is 0 Å². The molecule has 0 aromatic carbocycles. The summed E-state index contributed by atoms with van der Waals surface area (Å²) in [6.45, 7) is 4.52. The zero-order valence-electron chi connectivity index (χ0n) is 7.60. The highest BCUT2D eigenvalue weighted by Gasteiger charge is 2.46. The van der Waals surface area contributed by atoms with Crippen LogP contribution in [-0.4, -0.2) is 18.5 Å². The Morgan fingerprint density at radius 1 is 0.583 bits per heavy atom. The molecule has 1 aliphatic carbocycles. The first-order chi connectivity index (χ1) is 5.46.